The van der Waals surface area contributed by atoms with Crippen molar-refractivity contribution >= 4 is 46.3 Å². The van der Waals surface area contributed by atoms with E-state index < -0.39 is 35.2 Å². The number of hydrogen-bond donors (Lipinski definition) is 3. The number of anilines is 3. The fraction of sp³-hybridized carbons (Fsp3) is 0.500. The van der Waals surface area contributed by atoms with Crippen molar-refractivity contribution in [2.45, 2.75) is 57.3 Å². The second-order valence-electron chi connectivity index (χ2n) is 9.92. The summed E-state index contributed by atoms with van der Waals surface area (Å²) in [6.45, 7) is 2.19. The third-order valence-electron chi connectivity index (χ3n) is 7.32. The molecule has 3 N–H and O–H groups in total. The summed E-state index contributed by atoms with van der Waals surface area (Å²) in [5.41, 5.74) is 7.05. The number of imidazole rings is 1. The molecular weight excluding hydrogens is 525 g/mol. The SMILES string of the molecule is CC1(C(=O)N=N)CCC(n2c(Nc3c(F)cc(F)cc3Cl)nc3cnc(N[C@@H]4CCOC[C@H]4F)nc32)CC1. The van der Waals surface area contributed by atoms with Gasteiger partial charge in [-0.05, 0) is 38.2 Å². The number of rotatable bonds is 6. The van der Waals surface area contributed by atoms with E-state index in [1.165, 1.54) is 6.20 Å². The van der Waals surface area contributed by atoms with Crippen molar-refractivity contribution in [1.82, 2.24) is 19.5 Å². The molecule has 3 aromatic rings. The van der Waals surface area contributed by atoms with E-state index in [-0.39, 0.29) is 35.3 Å². The van der Waals surface area contributed by atoms with Crippen LogP contribution in [0.1, 0.15) is 45.1 Å². The minimum Gasteiger partial charge on any atom is -0.378 e. The number of alkyl halides is 1. The summed E-state index contributed by atoms with van der Waals surface area (Å²) in [5, 5.41) is 8.87. The highest BCUT2D eigenvalue weighted by Gasteiger charge is 2.39. The molecule has 38 heavy (non-hydrogen) atoms. The predicted octanol–water partition coefficient (Wildman–Crippen LogP) is 5.72. The Morgan fingerprint density at radius 2 is 2.03 bits per heavy atom. The third kappa shape index (κ3) is 5.04. The summed E-state index contributed by atoms with van der Waals surface area (Å²) in [6, 6.07) is 0.977. The van der Waals surface area contributed by atoms with Crippen molar-refractivity contribution < 1.29 is 22.7 Å². The molecule has 5 rings (SSSR count). The highest BCUT2D eigenvalue weighted by Crippen LogP contribution is 2.44. The molecule has 2 aliphatic rings. The van der Waals surface area contributed by atoms with Crippen LogP contribution in [0, 0.1) is 22.6 Å². The van der Waals surface area contributed by atoms with Crippen molar-refractivity contribution in [2.75, 3.05) is 23.8 Å². The maximum atomic E-state index is 14.6. The number of hydrogen-bond acceptors (Lipinski definition) is 8. The molecule has 0 radical (unpaired) electrons. The molecule has 202 valence electrons. The zero-order chi connectivity index (χ0) is 27.0. The Labute approximate surface area is 220 Å². The van der Waals surface area contributed by atoms with Crippen LogP contribution in [0.3, 0.4) is 0 Å². The van der Waals surface area contributed by atoms with Crippen LogP contribution in [-0.2, 0) is 9.53 Å². The molecule has 1 aromatic carbocycles. The lowest BCUT2D eigenvalue weighted by Crippen LogP contribution is -2.39. The van der Waals surface area contributed by atoms with Gasteiger partial charge in [0.2, 0.25) is 11.9 Å². The first-order valence-corrected chi connectivity index (χ1v) is 12.6. The Bertz CT molecular complexity index is 1360. The fourth-order valence-corrected chi connectivity index (χ4v) is 5.29. The average molecular weight is 551 g/mol. The van der Waals surface area contributed by atoms with Gasteiger partial charge in [0, 0.05) is 18.7 Å². The van der Waals surface area contributed by atoms with Gasteiger partial charge >= 0.3 is 0 Å². The normalized spacial score (nSPS) is 25.8. The first-order chi connectivity index (χ1) is 18.2. The monoisotopic (exact) mass is 550 g/mol. The molecule has 1 saturated heterocycles. The molecule has 2 atom stereocenters. The number of carbonyl (C=O) groups excluding carboxylic acids is 1. The van der Waals surface area contributed by atoms with Gasteiger partial charge in [-0.2, -0.15) is 4.98 Å². The fourth-order valence-electron chi connectivity index (χ4n) is 5.05. The zero-order valence-corrected chi connectivity index (χ0v) is 21.2. The van der Waals surface area contributed by atoms with Gasteiger partial charge in [0.1, 0.15) is 17.5 Å². The summed E-state index contributed by atoms with van der Waals surface area (Å²) in [4.78, 5) is 25.7. The number of carbonyl (C=O) groups is 1. The van der Waals surface area contributed by atoms with Crippen molar-refractivity contribution in [3.8, 4) is 0 Å². The summed E-state index contributed by atoms with van der Waals surface area (Å²) in [6.07, 6.45) is 2.69. The third-order valence-corrected chi connectivity index (χ3v) is 7.62. The molecule has 0 bridgehead atoms. The Morgan fingerprint density at radius 3 is 2.71 bits per heavy atom. The van der Waals surface area contributed by atoms with E-state index in [0.29, 0.717) is 55.9 Å². The average Bonchev–Trinajstić information content (AvgIpc) is 3.24. The van der Waals surface area contributed by atoms with Gasteiger partial charge < -0.3 is 15.4 Å². The molecule has 2 fully saturated rings. The molecule has 1 saturated carbocycles. The van der Waals surface area contributed by atoms with E-state index in [4.69, 9.17) is 21.9 Å². The van der Waals surface area contributed by atoms with E-state index >= 15 is 0 Å². The van der Waals surface area contributed by atoms with E-state index in [9.17, 15) is 18.0 Å². The lowest BCUT2D eigenvalue weighted by atomic mass is 9.73. The van der Waals surface area contributed by atoms with Crippen molar-refractivity contribution in [2.24, 2.45) is 10.5 Å². The largest absolute Gasteiger partial charge is 0.378 e. The first kappa shape index (κ1) is 26.3. The molecule has 1 aliphatic carbocycles. The van der Waals surface area contributed by atoms with Crippen LogP contribution < -0.4 is 10.6 Å². The topological polar surface area (TPSA) is 130 Å². The highest BCUT2D eigenvalue weighted by atomic mass is 35.5. The van der Waals surface area contributed by atoms with Crippen LogP contribution in [-0.4, -0.2) is 50.9 Å². The van der Waals surface area contributed by atoms with Crippen LogP contribution in [0.2, 0.25) is 5.02 Å². The quantitative estimate of drug-likeness (QED) is 0.335. The molecule has 2 aromatic heterocycles. The van der Waals surface area contributed by atoms with Gasteiger partial charge in [0.15, 0.2) is 11.5 Å². The van der Waals surface area contributed by atoms with Crippen LogP contribution in [0.5, 0.6) is 0 Å². The molecular formula is C24H26ClF3N8O2. The van der Waals surface area contributed by atoms with Gasteiger partial charge in [-0.1, -0.05) is 18.5 Å². The van der Waals surface area contributed by atoms with Gasteiger partial charge in [-0.3, -0.25) is 9.36 Å². The lowest BCUT2D eigenvalue weighted by molar-refractivity contribution is -0.129. The van der Waals surface area contributed by atoms with Crippen LogP contribution in [0.15, 0.2) is 23.4 Å². The van der Waals surface area contributed by atoms with Gasteiger partial charge in [-0.25, -0.2) is 28.7 Å². The molecule has 1 aliphatic heterocycles. The number of nitrogens with one attached hydrogen (secondary N) is 3. The Kier molecular flexibility index (Phi) is 7.23. The van der Waals surface area contributed by atoms with Gasteiger partial charge in [0.25, 0.3) is 5.91 Å². The maximum Gasteiger partial charge on any atom is 0.269 e. The Balaban J connectivity index is 1.53. The lowest BCUT2D eigenvalue weighted by Gasteiger charge is -2.35. The number of fused-ring (bicyclic) bond motifs is 1. The van der Waals surface area contributed by atoms with Gasteiger partial charge in [0.05, 0.1) is 35.0 Å². The number of halogens is 4. The van der Waals surface area contributed by atoms with Crippen LogP contribution in [0.4, 0.5) is 30.8 Å². The Hall–Kier alpha value is -3.32. The van der Waals surface area contributed by atoms with Gasteiger partial charge in [-0.15, -0.1) is 5.11 Å². The van der Waals surface area contributed by atoms with E-state index in [2.05, 4.69) is 30.7 Å². The number of amides is 1. The van der Waals surface area contributed by atoms with Crippen molar-refractivity contribution in [1.29, 1.82) is 5.53 Å². The standard InChI is InChI=1S/C24H26ClF3N8O2/c1-24(21(37)35-29)5-2-13(3-6-24)36-20-18(10-30-22(34-20)31-17-4-7-38-11-16(17)28)32-23(36)33-19-14(25)8-12(26)9-15(19)27/h8-10,13,16-17,29H,2-7,11H2,1H3,(H,32,33)(H,30,31,34)/t13?,16-,17-,24?/m1/s1. The minimum absolute atomic E-state index is 0.0138. The molecule has 3 heterocycles. The summed E-state index contributed by atoms with van der Waals surface area (Å²) < 4.78 is 49.6. The summed E-state index contributed by atoms with van der Waals surface area (Å²) in [5.74, 6) is -1.78. The van der Waals surface area contributed by atoms with Crippen LogP contribution >= 0.6 is 11.6 Å². The van der Waals surface area contributed by atoms with Crippen molar-refractivity contribution in [3.05, 3.63) is 35.0 Å². The number of nitrogens with zero attached hydrogens (tertiary/aromatic N) is 5. The zero-order valence-electron chi connectivity index (χ0n) is 20.5. The highest BCUT2D eigenvalue weighted by molar-refractivity contribution is 6.33. The summed E-state index contributed by atoms with van der Waals surface area (Å²) in [7, 11) is 0. The molecule has 0 unspecified atom stereocenters. The van der Waals surface area contributed by atoms with E-state index in [0.717, 1.165) is 6.07 Å². The van der Waals surface area contributed by atoms with Crippen molar-refractivity contribution in [3.63, 3.8) is 0 Å². The smallest absolute Gasteiger partial charge is 0.269 e. The van der Waals surface area contributed by atoms with Crippen LogP contribution in [0.25, 0.3) is 11.2 Å². The number of aromatic nitrogens is 4. The second kappa shape index (κ2) is 10.4. The molecule has 10 nitrogen and oxygen atoms in total. The van der Waals surface area contributed by atoms with E-state index in [1.807, 2.05) is 0 Å². The first-order valence-electron chi connectivity index (χ1n) is 12.3. The molecule has 1 amide bonds. The second-order valence-corrected chi connectivity index (χ2v) is 10.3. The minimum atomic E-state index is -1.22. The van der Waals surface area contributed by atoms with E-state index in [1.54, 1.807) is 11.5 Å². The maximum absolute atomic E-state index is 14.6. The summed E-state index contributed by atoms with van der Waals surface area (Å²) >= 11 is 6.13. The predicted molar refractivity (Wildman–Crippen MR) is 133 cm³/mol. The number of benzene rings is 1. The Morgan fingerprint density at radius 1 is 1.26 bits per heavy atom. The number of ether oxygens (including phenoxy) is 1. The molecule has 14 heteroatoms. The molecule has 0 spiro atoms.